The van der Waals surface area contributed by atoms with Crippen LogP contribution in [-0.4, -0.2) is 23.9 Å². The SMILES string of the molecule is CCCc1ccc(NC(C)C(=O)N(C)Cc2ccccc2C)cc1. The number of benzene rings is 2. The molecule has 0 aromatic heterocycles. The van der Waals surface area contributed by atoms with Crippen LogP contribution in [0, 0.1) is 6.92 Å². The minimum absolute atomic E-state index is 0.0934. The normalized spacial score (nSPS) is 11.8. The van der Waals surface area contributed by atoms with Gasteiger partial charge in [0.1, 0.15) is 6.04 Å². The Labute approximate surface area is 145 Å². The summed E-state index contributed by atoms with van der Waals surface area (Å²) in [6, 6.07) is 16.3. The van der Waals surface area contributed by atoms with E-state index in [4.69, 9.17) is 0 Å². The van der Waals surface area contributed by atoms with E-state index in [0.717, 1.165) is 18.5 Å². The largest absolute Gasteiger partial charge is 0.374 e. The van der Waals surface area contributed by atoms with Crippen LogP contribution >= 0.6 is 0 Å². The summed E-state index contributed by atoms with van der Waals surface area (Å²) in [5.74, 6) is 0.0934. The monoisotopic (exact) mass is 324 g/mol. The predicted octanol–water partition coefficient (Wildman–Crippen LogP) is 4.41. The Morgan fingerprint density at radius 2 is 1.79 bits per heavy atom. The minimum Gasteiger partial charge on any atom is -0.374 e. The first-order valence-corrected chi connectivity index (χ1v) is 8.66. The molecule has 0 spiro atoms. The molecule has 0 fully saturated rings. The fraction of sp³-hybridized carbons (Fsp3) is 0.381. The Bertz CT molecular complexity index is 664. The Kier molecular flexibility index (Phi) is 6.42. The lowest BCUT2D eigenvalue weighted by Gasteiger charge is -2.23. The highest BCUT2D eigenvalue weighted by Crippen LogP contribution is 2.14. The minimum atomic E-state index is -0.254. The van der Waals surface area contributed by atoms with E-state index in [1.165, 1.54) is 16.7 Å². The van der Waals surface area contributed by atoms with Crippen molar-refractivity contribution in [2.45, 2.75) is 46.2 Å². The molecule has 0 bridgehead atoms. The topological polar surface area (TPSA) is 32.3 Å². The molecule has 3 heteroatoms. The molecule has 0 radical (unpaired) electrons. The van der Waals surface area contributed by atoms with Crippen molar-refractivity contribution in [1.29, 1.82) is 0 Å². The fourth-order valence-electron chi connectivity index (χ4n) is 2.82. The maximum atomic E-state index is 12.6. The van der Waals surface area contributed by atoms with Crippen LogP contribution in [0.1, 0.15) is 37.0 Å². The first kappa shape index (κ1) is 18.1. The van der Waals surface area contributed by atoms with Crippen molar-refractivity contribution < 1.29 is 4.79 Å². The first-order chi connectivity index (χ1) is 11.5. The summed E-state index contributed by atoms with van der Waals surface area (Å²) in [7, 11) is 1.86. The van der Waals surface area contributed by atoms with Gasteiger partial charge in [0, 0.05) is 19.3 Å². The number of nitrogens with zero attached hydrogens (tertiary/aromatic N) is 1. The van der Waals surface area contributed by atoms with Crippen molar-refractivity contribution in [2.75, 3.05) is 12.4 Å². The number of rotatable bonds is 7. The molecule has 128 valence electrons. The van der Waals surface area contributed by atoms with Gasteiger partial charge < -0.3 is 10.2 Å². The van der Waals surface area contributed by atoms with Gasteiger partial charge in [-0.15, -0.1) is 0 Å². The number of likely N-dealkylation sites (N-methyl/N-ethyl adjacent to an activating group) is 1. The van der Waals surface area contributed by atoms with E-state index >= 15 is 0 Å². The van der Waals surface area contributed by atoms with Crippen molar-refractivity contribution in [2.24, 2.45) is 0 Å². The summed E-state index contributed by atoms with van der Waals surface area (Å²) in [6.45, 7) is 6.80. The number of carbonyl (C=O) groups excluding carboxylic acids is 1. The average molecular weight is 324 g/mol. The number of aryl methyl sites for hydroxylation is 2. The van der Waals surface area contributed by atoms with E-state index in [2.05, 4.69) is 55.6 Å². The zero-order valence-corrected chi connectivity index (χ0v) is 15.2. The number of carbonyl (C=O) groups is 1. The second kappa shape index (κ2) is 8.53. The van der Waals surface area contributed by atoms with E-state index in [9.17, 15) is 4.79 Å². The van der Waals surface area contributed by atoms with Crippen LogP contribution in [0.5, 0.6) is 0 Å². The third-order valence-electron chi connectivity index (χ3n) is 4.29. The lowest BCUT2D eigenvalue weighted by molar-refractivity contribution is -0.130. The molecule has 0 heterocycles. The fourth-order valence-corrected chi connectivity index (χ4v) is 2.82. The van der Waals surface area contributed by atoms with Gasteiger partial charge in [-0.1, -0.05) is 49.7 Å². The Balaban J connectivity index is 1.94. The number of anilines is 1. The lowest BCUT2D eigenvalue weighted by atomic mass is 10.1. The highest BCUT2D eigenvalue weighted by molar-refractivity contribution is 5.84. The van der Waals surface area contributed by atoms with E-state index in [-0.39, 0.29) is 11.9 Å². The van der Waals surface area contributed by atoms with E-state index in [1.54, 1.807) is 4.90 Å². The summed E-state index contributed by atoms with van der Waals surface area (Å²) in [5.41, 5.74) is 4.72. The summed E-state index contributed by atoms with van der Waals surface area (Å²) in [4.78, 5) is 14.4. The number of hydrogen-bond donors (Lipinski definition) is 1. The molecule has 0 saturated heterocycles. The molecular weight excluding hydrogens is 296 g/mol. The van der Waals surface area contributed by atoms with Gasteiger partial charge in [-0.25, -0.2) is 0 Å². The molecule has 0 saturated carbocycles. The number of nitrogens with one attached hydrogen (secondary N) is 1. The molecule has 2 aromatic carbocycles. The second-order valence-corrected chi connectivity index (χ2v) is 6.43. The van der Waals surface area contributed by atoms with E-state index in [1.807, 2.05) is 26.1 Å². The molecule has 0 aliphatic rings. The molecular formula is C21H28N2O. The van der Waals surface area contributed by atoms with Gasteiger partial charge in [0.2, 0.25) is 5.91 Å². The van der Waals surface area contributed by atoms with Crippen molar-refractivity contribution in [1.82, 2.24) is 4.90 Å². The van der Waals surface area contributed by atoms with E-state index in [0.29, 0.717) is 6.54 Å². The van der Waals surface area contributed by atoms with Gasteiger partial charge >= 0.3 is 0 Å². The summed E-state index contributed by atoms with van der Waals surface area (Å²) < 4.78 is 0. The molecule has 1 unspecified atom stereocenters. The van der Waals surface area contributed by atoms with Gasteiger partial charge in [-0.3, -0.25) is 4.79 Å². The van der Waals surface area contributed by atoms with Gasteiger partial charge in [0.05, 0.1) is 0 Å². The van der Waals surface area contributed by atoms with Crippen LogP contribution < -0.4 is 5.32 Å². The molecule has 2 aromatic rings. The Morgan fingerprint density at radius 3 is 2.42 bits per heavy atom. The van der Waals surface area contributed by atoms with Crippen molar-refractivity contribution in [3.63, 3.8) is 0 Å². The van der Waals surface area contributed by atoms with Crippen molar-refractivity contribution >= 4 is 11.6 Å². The van der Waals surface area contributed by atoms with Crippen molar-refractivity contribution in [3.8, 4) is 0 Å². The third kappa shape index (κ3) is 4.85. The summed E-state index contributed by atoms with van der Waals surface area (Å²) >= 11 is 0. The van der Waals surface area contributed by atoms with Crippen LogP contribution in [0.15, 0.2) is 48.5 Å². The van der Waals surface area contributed by atoms with Gasteiger partial charge in [0.15, 0.2) is 0 Å². The third-order valence-corrected chi connectivity index (χ3v) is 4.29. The van der Waals surface area contributed by atoms with Crippen LogP contribution in [0.3, 0.4) is 0 Å². The maximum Gasteiger partial charge on any atom is 0.244 e. The zero-order valence-electron chi connectivity index (χ0n) is 15.2. The molecule has 1 amide bonds. The Hall–Kier alpha value is -2.29. The number of hydrogen-bond acceptors (Lipinski definition) is 2. The highest BCUT2D eigenvalue weighted by Gasteiger charge is 2.17. The van der Waals surface area contributed by atoms with Crippen LogP contribution in [0.4, 0.5) is 5.69 Å². The van der Waals surface area contributed by atoms with Crippen LogP contribution in [-0.2, 0) is 17.8 Å². The first-order valence-electron chi connectivity index (χ1n) is 8.66. The quantitative estimate of drug-likeness (QED) is 0.818. The molecule has 0 aliphatic heterocycles. The highest BCUT2D eigenvalue weighted by atomic mass is 16.2. The number of amides is 1. The predicted molar refractivity (Wildman–Crippen MR) is 101 cm³/mol. The summed E-state index contributed by atoms with van der Waals surface area (Å²) in [6.07, 6.45) is 2.24. The maximum absolute atomic E-state index is 12.6. The molecule has 3 nitrogen and oxygen atoms in total. The molecule has 24 heavy (non-hydrogen) atoms. The van der Waals surface area contributed by atoms with Gasteiger partial charge in [0.25, 0.3) is 0 Å². The average Bonchev–Trinajstić information content (AvgIpc) is 2.58. The van der Waals surface area contributed by atoms with Crippen molar-refractivity contribution in [3.05, 3.63) is 65.2 Å². The second-order valence-electron chi connectivity index (χ2n) is 6.43. The van der Waals surface area contributed by atoms with E-state index < -0.39 is 0 Å². The van der Waals surface area contributed by atoms with Gasteiger partial charge in [-0.2, -0.15) is 0 Å². The van der Waals surface area contributed by atoms with Crippen LogP contribution in [0.25, 0.3) is 0 Å². The lowest BCUT2D eigenvalue weighted by Crippen LogP contribution is -2.38. The smallest absolute Gasteiger partial charge is 0.244 e. The molecule has 0 aliphatic carbocycles. The Morgan fingerprint density at radius 1 is 1.12 bits per heavy atom. The molecule has 1 atom stereocenters. The molecule has 1 N–H and O–H groups in total. The molecule has 2 rings (SSSR count). The zero-order chi connectivity index (χ0) is 17.5. The standard InChI is InChI=1S/C21H28N2O/c1-5-8-18-11-13-20(14-12-18)22-17(3)21(24)23(4)15-19-10-7-6-9-16(19)2/h6-7,9-14,17,22H,5,8,15H2,1-4H3. The van der Waals surface area contributed by atoms with Gasteiger partial charge in [-0.05, 0) is 49.1 Å². The summed E-state index contributed by atoms with van der Waals surface area (Å²) in [5, 5.41) is 3.30. The van der Waals surface area contributed by atoms with Crippen LogP contribution in [0.2, 0.25) is 0 Å².